The zero-order valence-corrected chi connectivity index (χ0v) is 11.6. The standard InChI is InChI=1S/C13H21N3OS/c1-2-5-16-8-10(14)7-12(16)13(17)15-11-4-3-6-18-9-11/h7-8,11H,2-6,9,14H2,1H3,(H,15,17). The first kappa shape index (κ1) is 13.3. The maximum Gasteiger partial charge on any atom is 0.268 e. The molecule has 1 aromatic rings. The minimum Gasteiger partial charge on any atom is -0.397 e. The van der Waals surface area contributed by atoms with E-state index >= 15 is 0 Å². The summed E-state index contributed by atoms with van der Waals surface area (Å²) in [6.45, 7) is 2.93. The number of nitrogen functional groups attached to an aromatic ring is 1. The zero-order valence-electron chi connectivity index (χ0n) is 10.8. The Balaban J connectivity index is 2.03. The SMILES string of the molecule is CCCn1cc(N)cc1C(=O)NC1CCCSC1. The molecule has 2 heterocycles. The van der Waals surface area contributed by atoms with E-state index in [9.17, 15) is 4.79 Å². The van der Waals surface area contributed by atoms with Crippen LogP contribution in [0.5, 0.6) is 0 Å². The van der Waals surface area contributed by atoms with Gasteiger partial charge in [0.15, 0.2) is 0 Å². The third kappa shape index (κ3) is 3.22. The van der Waals surface area contributed by atoms with Crippen molar-refractivity contribution in [1.82, 2.24) is 9.88 Å². The molecule has 1 aromatic heterocycles. The van der Waals surface area contributed by atoms with E-state index in [1.807, 2.05) is 22.5 Å². The van der Waals surface area contributed by atoms with E-state index in [0.717, 1.165) is 25.1 Å². The van der Waals surface area contributed by atoms with Crippen molar-refractivity contribution in [2.24, 2.45) is 0 Å². The molecule has 1 fully saturated rings. The fourth-order valence-corrected chi connectivity index (χ4v) is 3.34. The monoisotopic (exact) mass is 267 g/mol. The van der Waals surface area contributed by atoms with Gasteiger partial charge in [0.2, 0.25) is 0 Å². The van der Waals surface area contributed by atoms with Gasteiger partial charge in [0, 0.05) is 24.5 Å². The Morgan fingerprint density at radius 3 is 3.17 bits per heavy atom. The van der Waals surface area contributed by atoms with Crippen molar-refractivity contribution >= 4 is 23.4 Å². The summed E-state index contributed by atoms with van der Waals surface area (Å²) < 4.78 is 1.95. The molecule has 4 nitrogen and oxygen atoms in total. The molecule has 0 radical (unpaired) electrons. The Morgan fingerprint density at radius 2 is 2.50 bits per heavy atom. The number of hydrogen-bond donors (Lipinski definition) is 2. The van der Waals surface area contributed by atoms with E-state index in [0.29, 0.717) is 17.4 Å². The molecular weight excluding hydrogens is 246 g/mol. The van der Waals surface area contributed by atoms with Crippen LogP contribution in [0.4, 0.5) is 5.69 Å². The highest BCUT2D eigenvalue weighted by Crippen LogP contribution is 2.18. The molecule has 1 unspecified atom stereocenters. The summed E-state index contributed by atoms with van der Waals surface area (Å²) in [4.78, 5) is 12.2. The zero-order chi connectivity index (χ0) is 13.0. The first-order valence-electron chi connectivity index (χ1n) is 6.55. The Bertz CT molecular complexity index is 410. The van der Waals surface area contributed by atoms with Crippen molar-refractivity contribution in [1.29, 1.82) is 0 Å². The third-order valence-corrected chi connectivity index (χ3v) is 4.33. The predicted molar refractivity (Wildman–Crippen MR) is 76.9 cm³/mol. The number of nitrogens with two attached hydrogens (primary N) is 1. The van der Waals surface area contributed by atoms with Crippen LogP contribution in [0.3, 0.4) is 0 Å². The van der Waals surface area contributed by atoms with Gasteiger partial charge >= 0.3 is 0 Å². The number of hydrogen-bond acceptors (Lipinski definition) is 3. The normalized spacial score (nSPS) is 19.7. The number of thioether (sulfide) groups is 1. The van der Waals surface area contributed by atoms with Crippen molar-refractivity contribution in [3.05, 3.63) is 18.0 Å². The van der Waals surface area contributed by atoms with Gasteiger partial charge in [-0.05, 0) is 31.1 Å². The summed E-state index contributed by atoms with van der Waals surface area (Å²) >= 11 is 1.91. The molecule has 0 bridgehead atoms. The van der Waals surface area contributed by atoms with Crippen LogP contribution in [-0.2, 0) is 6.54 Å². The highest BCUT2D eigenvalue weighted by molar-refractivity contribution is 7.99. The highest BCUT2D eigenvalue weighted by atomic mass is 32.2. The van der Waals surface area contributed by atoms with Gasteiger partial charge in [-0.1, -0.05) is 6.92 Å². The summed E-state index contributed by atoms with van der Waals surface area (Å²) in [6.07, 6.45) is 5.11. The van der Waals surface area contributed by atoms with Gasteiger partial charge < -0.3 is 15.6 Å². The molecule has 100 valence electrons. The number of aromatic nitrogens is 1. The molecule has 0 saturated carbocycles. The first-order chi connectivity index (χ1) is 8.70. The number of aryl methyl sites for hydroxylation is 1. The molecule has 0 aliphatic carbocycles. The number of amides is 1. The summed E-state index contributed by atoms with van der Waals surface area (Å²) in [6, 6.07) is 2.07. The molecule has 1 aliphatic rings. The van der Waals surface area contributed by atoms with Crippen LogP contribution in [0, 0.1) is 0 Å². The molecule has 0 aromatic carbocycles. The smallest absolute Gasteiger partial charge is 0.268 e. The fourth-order valence-electron chi connectivity index (χ4n) is 2.26. The molecule has 0 spiro atoms. The Morgan fingerprint density at radius 1 is 1.67 bits per heavy atom. The predicted octanol–water partition coefficient (Wildman–Crippen LogP) is 2.11. The van der Waals surface area contributed by atoms with Crippen molar-refractivity contribution in [2.75, 3.05) is 17.2 Å². The maximum absolute atomic E-state index is 12.2. The summed E-state index contributed by atoms with van der Waals surface area (Å²) in [7, 11) is 0. The summed E-state index contributed by atoms with van der Waals surface area (Å²) in [5.41, 5.74) is 7.12. The second-order valence-corrected chi connectivity index (χ2v) is 5.89. The average Bonchev–Trinajstić information content (AvgIpc) is 2.72. The van der Waals surface area contributed by atoms with E-state index in [-0.39, 0.29) is 5.91 Å². The minimum atomic E-state index is 0.00708. The van der Waals surface area contributed by atoms with Crippen LogP contribution in [0.2, 0.25) is 0 Å². The number of rotatable bonds is 4. The molecule has 18 heavy (non-hydrogen) atoms. The lowest BCUT2D eigenvalue weighted by Crippen LogP contribution is -2.39. The quantitative estimate of drug-likeness (QED) is 0.878. The topological polar surface area (TPSA) is 60.0 Å². The number of nitrogens with zero attached hydrogens (tertiary/aromatic N) is 1. The van der Waals surface area contributed by atoms with E-state index in [4.69, 9.17) is 5.73 Å². The Kier molecular flexibility index (Phi) is 4.58. The van der Waals surface area contributed by atoms with Gasteiger partial charge in [-0.25, -0.2) is 0 Å². The van der Waals surface area contributed by atoms with E-state index in [1.165, 1.54) is 12.2 Å². The number of carbonyl (C=O) groups excluding carboxylic acids is 1. The summed E-state index contributed by atoms with van der Waals surface area (Å²) in [5, 5.41) is 3.11. The van der Waals surface area contributed by atoms with Crippen molar-refractivity contribution in [3.63, 3.8) is 0 Å². The van der Waals surface area contributed by atoms with Crippen LogP contribution < -0.4 is 11.1 Å². The van der Waals surface area contributed by atoms with Crippen LogP contribution in [0.15, 0.2) is 12.3 Å². The second kappa shape index (κ2) is 6.18. The van der Waals surface area contributed by atoms with E-state index < -0.39 is 0 Å². The molecule has 1 amide bonds. The Hall–Kier alpha value is -1.10. The van der Waals surface area contributed by atoms with Crippen molar-refractivity contribution < 1.29 is 4.79 Å². The van der Waals surface area contributed by atoms with Gasteiger partial charge in [0.1, 0.15) is 5.69 Å². The number of carbonyl (C=O) groups is 1. The van der Waals surface area contributed by atoms with Crippen LogP contribution in [0.1, 0.15) is 36.7 Å². The molecule has 1 aliphatic heterocycles. The lowest BCUT2D eigenvalue weighted by atomic mass is 10.2. The lowest BCUT2D eigenvalue weighted by molar-refractivity contribution is 0.0929. The molecule has 5 heteroatoms. The number of nitrogens with one attached hydrogen (secondary N) is 1. The lowest BCUT2D eigenvalue weighted by Gasteiger charge is -2.22. The van der Waals surface area contributed by atoms with Gasteiger partial charge in [0.25, 0.3) is 5.91 Å². The summed E-state index contributed by atoms with van der Waals surface area (Å²) in [5.74, 6) is 2.24. The van der Waals surface area contributed by atoms with Gasteiger partial charge in [-0.3, -0.25) is 4.79 Å². The second-order valence-electron chi connectivity index (χ2n) is 4.74. The molecule has 2 rings (SSSR count). The largest absolute Gasteiger partial charge is 0.397 e. The highest BCUT2D eigenvalue weighted by Gasteiger charge is 2.19. The average molecular weight is 267 g/mol. The van der Waals surface area contributed by atoms with Gasteiger partial charge in [-0.15, -0.1) is 0 Å². The number of anilines is 1. The van der Waals surface area contributed by atoms with Crippen LogP contribution >= 0.6 is 11.8 Å². The van der Waals surface area contributed by atoms with Crippen LogP contribution in [0.25, 0.3) is 0 Å². The maximum atomic E-state index is 12.2. The molecule has 3 N–H and O–H groups in total. The van der Waals surface area contributed by atoms with Crippen molar-refractivity contribution in [2.45, 2.75) is 38.8 Å². The first-order valence-corrected chi connectivity index (χ1v) is 7.70. The van der Waals surface area contributed by atoms with Gasteiger partial charge in [0.05, 0.1) is 5.69 Å². The molecular formula is C13H21N3OS. The molecule has 1 saturated heterocycles. The van der Waals surface area contributed by atoms with Gasteiger partial charge in [-0.2, -0.15) is 11.8 Å². The fraction of sp³-hybridized carbons (Fsp3) is 0.615. The van der Waals surface area contributed by atoms with Crippen molar-refractivity contribution in [3.8, 4) is 0 Å². The van der Waals surface area contributed by atoms with E-state index in [2.05, 4.69) is 12.2 Å². The van der Waals surface area contributed by atoms with Crippen LogP contribution in [-0.4, -0.2) is 28.0 Å². The minimum absolute atomic E-state index is 0.00708. The Labute approximate surface area is 112 Å². The molecule has 1 atom stereocenters. The third-order valence-electron chi connectivity index (χ3n) is 3.11. The van der Waals surface area contributed by atoms with E-state index in [1.54, 1.807) is 6.07 Å².